The number of benzene rings is 2. The van der Waals surface area contributed by atoms with E-state index in [1.165, 1.54) is 6.20 Å². The van der Waals surface area contributed by atoms with Crippen molar-refractivity contribution in [1.29, 1.82) is 0 Å². The lowest BCUT2D eigenvalue weighted by atomic mass is 10.1. The van der Waals surface area contributed by atoms with E-state index in [0.29, 0.717) is 23.7 Å². The highest BCUT2D eigenvalue weighted by Gasteiger charge is 2.24. The molecule has 0 unspecified atom stereocenters. The molecule has 0 saturated heterocycles. The Morgan fingerprint density at radius 1 is 1.19 bits per heavy atom. The Morgan fingerprint density at radius 3 is 2.85 bits per heavy atom. The van der Waals surface area contributed by atoms with Crippen LogP contribution in [0, 0.1) is 0 Å². The topological polar surface area (TPSA) is 74.6 Å². The highest BCUT2D eigenvalue weighted by Crippen LogP contribution is 2.31. The normalized spacial score (nSPS) is 11.8. The summed E-state index contributed by atoms with van der Waals surface area (Å²) in [6.45, 7) is 0.718. The number of fused-ring (bicyclic) bond motifs is 3. The van der Waals surface area contributed by atoms with E-state index in [2.05, 4.69) is 10.4 Å². The van der Waals surface area contributed by atoms with Crippen LogP contribution >= 0.6 is 0 Å². The SMILES string of the molecule is COc1ccc2c(c1)-n1ncc(C(=O)OCc3ccccc3OC)c1NC2. The Labute approximate surface area is 156 Å². The van der Waals surface area contributed by atoms with E-state index in [1.807, 2.05) is 42.5 Å². The minimum Gasteiger partial charge on any atom is -0.497 e. The number of ether oxygens (including phenoxy) is 3. The molecule has 0 saturated carbocycles. The molecule has 0 aliphatic carbocycles. The zero-order chi connectivity index (χ0) is 18.8. The Hall–Kier alpha value is -3.48. The van der Waals surface area contributed by atoms with E-state index in [1.54, 1.807) is 18.9 Å². The Balaban J connectivity index is 1.57. The minimum atomic E-state index is -0.444. The van der Waals surface area contributed by atoms with E-state index in [9.17, 15) is 4.79 Å². The number of esters is 1. The number of hydrogen-bond acceptors (Lipinski definition) is 6. The van der Waals surface area contributed by atoms with Crippen molar-refractivity contribution in [2.75, 3.05) is 19.5 Å². The third-order valence-electron chi connectivity index (χ3n) is 4.51. The molecule has 0 atom stereocenters. The molecule has 1 aliphatic rings. The summed E-state index contributed by atoms with van der Waals surface area (Å²) in [4.78, 5) is 12.6. The molecule has 0 bridgehead atoms. The van der Waals surface area contributed by atoms with Crippen molar-refractivity contribution in [3.8, 4) is 17.2 Å². The Bertz CT molecular complexity index is 997. The van der Waals surface area contributed by atoms with Gasteiger partial charge in [0.2, 0.25) is 0 Å². The molecule has 4 rings (SSSR count). The zero-order valence-electron chi connectivity index (χ0n) is 15.1. The lowest BCUT2D eigenvalue weighted by molar-refractivity contribution is 0.0471. The van der Waals surface area contributed by atoms with E-state index in [4.69, 9.17) is 14.2 Å². The lowest BCUT2D eigenvalue weighted by Crippen LogP contribution is -2.18. The van der Waals surface area contributed by atoms with Crippen LogP contribution in [-0.2, 0) is 17.9 Å². The van der Waals surface area contributed by atoms with E-state index < -0.39 is 5.97 Å². The third kappa shape index (κ3) is 3.08. The molecule has 27 heavy (non-hydrogen) atoms. The zero-order valence-corrected chi connectivity index (χ0v) is 15.1. The van der Waals surface area contributed by atoms with Gasteiger partial charge in [0.25, 0.3) is 0 Å². The maximum atomic E-state index is 12.6. The average Bonchev–Trinajstić information content (AvgIpc) is 3.16. The third-order valence-corrected chi connectivity index (χ3v) is 4.51. The van der Waals surface area contributed by atoms with Crippen LogP contribution in [0.2, 0.25) is 0 Å². The number of carbonyl (C=O) groups is 1. The van der Waals surface area contributed by atoms with Gasteiger partial charge in [0.05, 0.1) is 26.1 Å². The van der Waals surface area contributed by atoms with Gasteiger partial charge >= 0.3 is 5.97 Å². The molecule has 0 radical (unpaired) electrons. The summed E-state index contributed by atoms with van der Waals surface area (Å²) < 4.78 is 17.8. The number of anilines is 1. The van der Waals surface area contributed by atoms with Crippen molar-refractivity contribution in [2.45, 2.75) is 13.2 Å². The first kappa shape index (κ1) is 17.0. The van der Waals surface area contributed by atoms with Gasteiger partial charge < -0.3 is 19.5 Å². The van der Waals surface area contributed by atoms with Crippen LogP contribution in [0.4, 0.5) is 5.82 Å². The summed E-state index contributed by atoms with van der Waals surface area (Å²) in [5, 5.41) is 7.60. The first-order chi connectivity index (χ1) is 13.2. The molecular weight excluding hydrogens is 346 g/mol. The fourth-order valence-electron chi connectivity index (χ4n) is 3.09. The van der Waals surface area contributed by atoms with Crippen LogP contribution in [-0.4, -0.2) is 30.0 Å². The van der Waals surface area contributed by atoms with Crippen molar-refractivity contribution in [3.05, 3.63) is 65.4 Å². The van der Waals surface area contributed by atoms with Crippen LogP contribution < -0.4 is 14.8 Å². The summed E-state index contributed by atoms with van der Waals surface area (Å²) in [5.74, 6) is 1.58. The molecule has 0 amide bonds. The van der Waals surface area contributed by atoms with Crippen molar-refractivity contribution in [1.82, 2.24) is 9.78 Å². The van der Waals surface area contributed by atoms with Crippen LogP contribution in [0.15, 0.2) is 48.7 Å². The fourth-order valence-corrected chi connectivity index (χ4v) is 3.09. The van der Waals surface area contributed by atoms with Crippen LogP contribution in [0.5, 0.6) is 11.5 Å². The number of nitrogens with one attached hydrogen (secondary N) is 1. The summed E-state index contributed by atoms with van der Waals surface area (Å²) in [6, 6.07) is 13.2. The molecule has 3 aromatic rings. The number of para-hydroxylation sites is 1. The quantitative estimate of drug-likeness (QED) is 0.700. The molecule has 0 fully saturated rings. The lowest BCUT2D eigenvalue weighted by Gasteiger charge is -2.21. The highest BCUT2D eigenvalue weighted by molar-refractivity contribution is 5.95. The van der Waals surface area contributed by atoms with Gasteiger partial charge in [-0.15, -0.1) is 0 Å². The van der Waals surface area contributed by atoms with Crippen molar-refractivity contribution in [2.24, 2.45) is 0 Å². The van der Waals surface area contributed by atoms with Crippen LogP contribution in [0.25, 0.3) is 5.69 Å². The molecule has 2 aromatic carbocycles. The smallest absolute Gasteiger partial charge is 0.343 e. The molecule has 1 aliphatic heterocycles. The summed E-state index contributed by atoms with van der Waals surface area (Å²) in [6.07, 6.45) is 1.52. The van der Waals surface area contributed by atoms with Crippen molar-refractivity contribution < 1.29 is 19.0 Å². The molecule has 2 heterocycles. The largest absolute Gasteiger partial charge is 0.497 e. The molecule has 1 N–H and O–H groups in total. The fraction of sp³-hybridized carbons (Fsp3) is 0.200. The minimum absolute atomic E-state index is 0.123. The van der Waals surface area contributed by atoms with Gasteiger partial charge in [-0.25, -0.2) is 9.48 Å². The standard InChI is InChI=1S/C20H19N3O4/c1-25-15-8-7-13-10-21-19-16(11-22-23(19)17(13)9-15)20(24)27-12-14-5-3-4-6-18(14)26-2/h3-9,11,21H,10,12H2,1-2H3. The second kappa shape index (κ2) is 7.03. The maximum Gasteiger partial charge on any atom is 0.343 e. The number of nitrogens with zero attached hydrogens (tertiary/aromatic N) is 2. The molecule has 1 aromatic heterocycles. The Morgan fingerprint density at radius 2 is 2.04 bits per heavy atom. The molecule has 138 valence electrons. The highest BCUT2D eigenvalue weighted by atomic mass is 16.5. The van der Waals surface area contributed by atoms with Gasteiger partial charge in [0.1, 0.15) is 29.5 Å². The second-order valence-electron chi connectivity index (χ2n) is 6.05. The van der Waals surface area contributed by atoms with Gasteiger partial charge in [0, 0.05) is 18.2 Å². The number of methoxy groups -OCH3 is 2. The predicted octanol–water partition coefficient (Wildman–Crippen LogP) is 3.17. The van der Waals surface area contributed by atoms with Gasteiger partial charge in [-0.2, -0.15) is 5.10 Å². The number of rotatable bonds is 5. The first-order valence-corrected chi connectivity index (χ1v) is 8.49. The first-order valence-electron chi connectivity index (χ1n) is 8.49. The van der Waals surface area contributed by atoms with Crippen LogP contribution in [0.1, 0.15) is 21.5 Å². The maximum absolute atomic E-state index is 12.6. The number of aromatic nitrogens is 2. The number of carbonyl (C=O) groups excluding carboxylic acids is 1. The average molecular weight is 365 g/mol. The monoisotopic (exact) mass is 365 g/mol. The molecule has 7 nitrogen and oxygen atoms in total. The van der Waals surface area contributed by atoms with Crippen LogP contribution in [0.3, 0.4) is 0 Å². The van der Waals surface area contributed by atoms with E-state index in [0.717, 1.165) is 22.6 Å². The summed E-state index contributed by atoms with van der Waals surface area (Å²) >= 11 is 0. The van der Waals surface area contributed by atoms with Gasteiger partial charge in [-0.3, -0.25) is 0 Å². The van der Waals surface area contributed by atoms with Gasteiger partial charge in [-0.05, 0) is 17.7 Å². The van der Waals surface area contributed by atoms with Gasteiger partial charge in [0.15, 0.2) is 0 Å². The summed E-state index contributed by atoms with van der Waals surface area (Å²) in [7, 11) is 3.21. The predicted molar refractivity (Wildman–Crippen MR) is 99.6 cm³/mol. The molecule has 7 heteroatoms. The molecule has 0 spiro atoms. The van der Waals surface area contributed by atoms with Crippen molar-refractivity contribution in [3.63, 3.8) is 0 Å². The molecular formula is C20H19N3O4. The second-order valence-corrected chi connectivity index (χ2v) is 6.05. The summed E-state index contributed by atoms with van der Waals surface area (Å²) in [5.41, 5.74) is 3.14. The Kier molecular flexibility index (Phi) is 4.42. The van der Waals surface area contributed by atoms with E-state index in [-0.39, 0.29) is 6.61 Å². The van der Waals surface area contributed by atoms with Crippen molar-refractivity contribution >= 4 is 11.8 Å². The van der Waals surface area contributed by atoms with E-state index >= 15 is 0 Å². The van der Waals surface area contributed by atoms with Gasteiger partial charge in [-0.1, -0.05) is 24.3 Å². The number of hydrogen-bond donors (Lipinski definition) is 1.